The van der Waals surface area contributed by atoms with Gasteiger partial charge in [-0.05, 0) is 17.7 Å². The van der Waals surface area contributed by atoms with E-state index >= 15 is 0 Å². The van der Waals surface area contributed by atoms with Gasteiger partial charge in [-0.2, -0.15) is 0 Å². The van der Waals surface area contributed by atoms with Crippen molar-refractivity contribution in [3.05, 3.63) is 29.8 Å². The average Bonchev–Trinajstić information content (AvgIpc) is 2.03. The zero-order valence-electron chi connectivity index (χ0n) is 8.37. The molecule has 0 fully saturated rings. The van der Waals surface area contributed by atoms with Crippen molar-refractivity contribution in [3.8, 4) is 5.75 Å². The highest BCUT2D eigenvalue weighted by Gasteiger charge is 1.89. The molecule has 0 bridgehead atoms. The van der Waals surface area contributed by atoms with E-state index in [-0.39, 0.29) is 12.4 Å². The molecular formula is C8H10O2. The second-order valence-electron chi connectivity index (χ2n) is 1.90. The topological polar surface area (TPSA) is 29.5 Å². The number of aliphatic hydroxyl groups is 1. The van der Waals surface area contributed by atoms with Crippen molar-refractivity contribution in [2.45, 2.75) is 6.61 Å². The molecule has 0 unspecified atom stereocenters. The minimum absolute atomic E-state index is 0.0615. The number of methoxy groups -OCH3 is 1. The summed E-state index contributed by atoms with van der Waals surface area (Å²) in [7, 11) is -2.42. The number of hydrogen-bond acceptors (Lipinski definition) is 2. The van der Waals surface area contributed by atoms with Crippen LogP contribution in [0, 0.1) is 0 Å². The summed E-state index contributed by atoms with van der Waals surface area (Å²) in [6.07, 6.45) is 0. The van der Waals surface area contributed by atoms with E-state index in [0.717, 1.165) is 5.56 Å². The summed E-state index contributed by atoms with van der Waals surface area (Å²) in [4.78, 5) is 0. The van der Waals surface area contributed by atoms with Crippen LogP contribution in [0.3, 0.4) is 0 Å². The molecule has 2 heteroatoms. The molecule has 0 aliphatic carbocycles. The summed E-state index contributed by atoms with van der Waals surface area (Å²) in [6, 6.07) is 6.25. The molecule has 0 heterocycles. The smallest absolute Gasteiger partial charge is 0.118 e. The van der Waals surface area contributed by atoms with Crippen LogP contribution in [0.1, 0.15) is 9.68 Å². The fourth-order valence-electron chi connectivity index (χ4n) is 0.663. The number of aliphatic hydroxyl groups excluding tert-OH is 1. The fraction of sp³-hybridized carbons (Fsp3) is 0.250. The van der Waals surface area contributed by atoms with Crippen molar-refractivity contribution in [1.29, 1.82) is 0 Å². The van der Waals surface area contributed by atoms with E-state index in [4.69, 9.17) is 9.22 Å². The summed E-state index contributed by atoms with van der Waals surface area (Å²) in [5.41, 5.74) is 0.720. The van der Waals surface area contributed by atoms with E-state index < -0.39 is 7.04 Å². The highest BCUT2D eigenvalue weighted by molar-refractivity contribution is 5.26. The number of rotatable bonds is 2. The second-order valence-corrected chi connectivity index (χ2v) is 1.90. The zero-order chi connectivity index (χ0) is 9.90. The first-order valence-electron chi connectivity index (χ1n) is 4.40. The predicted octanol–water partition coefficient (Wildman–Crippen LogP) is 1.19. The van der Waals surface area contributed by atoms with Gasteiger partial charge in [0.15, 0.2) is 0 Å². The second kappa shape index (κ2) is 3.22. The van der Waals surface area contributed by atoms with Crippen molar-refractivity contribution < 1.29 is 14.0 Å². The molecule has 10 heavy (non-hydrogen) atoms. The number of hydrogen-bond donors (Lipinski definition) is 1. The van der Waals surface area contributed by atoms with Crippen LogP contribution in [0.4, 0.5) is 0 Å². The van der Waals surface area contributed by atoms with Crippen LogP contribution < -0.4 is 4.74 Å². The molecule has 0 atom stereocenters. The maximum Gasteiger partial charge on any atom is 0.118 e. The molecule has 1 N–H and O–H groups in total. The maximum atomic E-state index is 8.71. The highest BCUT2D eigenvalue weighted by Crippen LogP contribution is 2.10. The molecule has 0 aromatic heterocycles. The third-order valence-corrected chi connectivity index (χ3v) is 1.22. The maximum absolute atomic E-state index is 8.71. The highest BCUT2D eigenvalue weighted by atomic mass is 16.5. The fourth-order valence-corrected chi connectivity index (χ4v) is 0.663. The minimum atomic E-state index is -2.42. The van der Waals surface area contributed by atoms with Gasteiger partial charge >= 0.3 is 0 Å². The van der Waals surface area contributed by atoms with Gasteiger partial charge in [-0.25, -0.2) is 0 Å². The number of ether oxygens (including phenoxy) is 1. The molecule has 1 aromatic rings. The lowest BCUT2D eigenvalue weighted by molar-refractivity contribution is 0.281. The van der Waals surface area contributed by atoms with Crippen molar-refractivity contribution in [1.82, 2.24) is 0 Å². The van der Waals surface area contributed by atoms with Gasteiger partial charge in [0.2, 0.25) is 0 Å². The summed E-state index contributed by atoms with van der Waals surface area (Å²) < 4.78 is 25.1. The molecule has 0 aliphatic heterocycles. The van der Waals surface area contributed by atoms with Gasteiger partial charge in [-0.15, -0.1) is 0 Å². The summed E-state index contributed by atoms with van der Waals surface area (Å²) in [6.45, 7) is -0.0615. The Kier molecular flexibility index (Phi) is 1.28. The Morgan fingerprint density at radius 3 is 2.70 bits per heavy atom. The SMILES string of the molecule is [2H][13C]([2H])([2H])Oc1ccc(CO)cc1. The third-order valence-electron chi connectivity index (χ3n) is 1.22. The monoisotopic (exact) mass is 142 g/mol. The molecule has 0 saturated carbocycles. The Hall–Kier alpha value is -1.02. The first-order valence-corrected chi connectivity index (χ1v) is 2.90. The van der Waals surface area contributed by atoms with Gasteiger partial charge in [-0.1, -0.05) is 12.1 Å². The molecule has 1 aromatic carbocycles. The minimum Gasteiger partial charge on any atom is -0.497 e. The lowest BCUT2D eigenvalue weighted by atomic mass is 10.2. The molecule has 54 valence electrons. The van der Waals surface area contributed by atoms with Gasteiger partial charge in [-0.3, -0.25) is 0 Å². The largest absolute Gasteiger partial charge is 0.497 e. The van der Waals surface area contributed by atoms with Crippen LogP contribution in [0.25, 0.3) is 0 Å². The van der Waals surface area contributed by atoms with Crippen molar-refractivity contribution in [2.75, 3.05) is 7.04 Å². The molecule has 0 saturated heterocycles. The Morgan fingerprint density at radius 1 is 1.50 bits per heavy atom. The van der Waals surface area contributed by atoms with Gasteiger partial charge in [0.05, 0.1) is 17.8 Å². The van der Waals surface area contributed by atoms with Crippen molar-refractivity contribution in [3.63, 3.8) is 0 Å². The zero-order valence-corrected chi connectivity index (χ0v) is 5.37. The quantitative estimate of drug-likeness (QED) is 0.628. The predicted molar refractivity (Wildman–Crippen MR) is 38.9 cm³/mol. The standard InChI is InChI=1S/C8H10O2/c1-10-8-4-2-7(6-9)3-5-8/h2-5,9H,6H2,1H3/i1+1D3. The first kappa shape index (κ1) is 3.98. The average molecular weight is 142 g/mol. The first-order chi connectivity index (χ1) is 6.01. The van der Waals surface area contributed by atoms with E-state index in [2.05, 4.69) is 4.74 Å². The van der Waals surface area contributed by atoms with Crippen LogP contribution in [0.2, 0.25) is 0 Å². The normalized spacial score (nSPS) is 15.1. The molecule has 0 spiro atoms. The molecule has 2 nitrogen and oxygen atoms in total. The van der Waals surface area contributed by atoms with E-state index in [0.29, 0.717) is 0 Å². The Labute approximate surface area is 64.3 Å². The van der Waals surface area contributed by atoms with Crippen LogP contribution in [-0.4, -0.2) is 12.1 Å². The van der Waals surface area contributed by atoms with Gasteiger partial charge < -0.3 is 9.84 Å². The lowest BCUT2D eigenvalue weighted by Crippen LogP contribution is -1.84. The lowest BCUT2D eigenvalue weighted by Gasteiger charge is -1.98. The van der Waals surface area contributed by atoms with E-state index in [1.54, 1.807) is 12.1 Å². The van der Waals surface area contributed by atoms with Gasteiger partial charge in [0, 0.05) is 0 Å². The Bertz CT molecular complexity index is 266. The molecule has 0 aliphatic rings. The Morgan fingerprint density at radius 2 is 2.20 bits per heavy atom. The van der Waals surface area contributed by atoms with Crippen molar-refractivity contribution in [2.24, 2.45) is 0 Å². The number of benzene rings is 1. The van der Waals surface area contributed by atoms with Crippen molar-refractivity contribution >= 4 is 0 Å². The Balaban J connectivity index is 2.70. The molecule has 1 rings (SSSR count). The van der Waals surface area contributed by atoms with E-state index in [1.165, 1.54) is 12.1 Å². The van der Waals surface area contributed by atoms with Crippen LogP contribution in [-0.2, 0) is 6.61 Å². The summed E-state index contributed by atoms with van der Waals surface area (Å²) >= 11 is 0. The van der Waals surface area contributed by atoms with Crippen LogP contribution in [0.15, 0.2) is 24.3 Å². The summed E-state index contributed by atoms with van der Waals surface area (Å²) in [5.74, 6) is 0.275. The van der Waals surface area contributed by atoms with Gasteiger partial charge in [0.25, 0.3) is 0 Å². The molecule has 0 amide bonds. The van der Waals surface area contributed by atoms with E-state index in [9.17, 15) is 0 Å². The van der Waals surface area contributed by atoms with Crippen LogP contribution in [0.5, 0.6) is 5.75 Å². The third kappa shape index (κ3) is 1.48. The molecular weight excluding hydrogens is 129 g/mol. The van der Waals surface area contributed by atoms with E-state index in [1.807, 2.05) is 0 Å². The van der Waals surface area contributed by atoms with Gasteiger partial charge in [0.1, 0.15) is 5.75 Å². The summed E-state index contributed by atoms with van der Waals surface area (Å²) in [5, 5.41) is 8.71. The van der Waals surface area contributed by atoms with Crippen LogP contribution >= 0.6 is 0 Å². The molecule has 0 radical (unpaired) electrons.